The third-order valence-corrected chi connectivity index (χ3v) is 8.91. The van der Waals surface area contributed by atoms with Gasteiger partial charge in [-0.1, -0.05) is 66.9 Å². The minimum atomic E-state index is -3.68. The van der Waals surface area contributed by atoms with Crippen LogP contribution in [0.1, 0.15) is 49.7 Å². The summed E-state index contributed by atoms with van der Waals surface area (Å²) in [7, 11) is -3.68. The van der Waals surface area contributed by atoms with Crippen LogP contribution in [0, 0.1) is 5.82 Å². The maximum atomic E-state index is 13.9. The number of carbonyl (C=O) groups is 2. The Morgan fingerprint density at radius 3 is 2.29 bits per heavy atom. The molecular weight excluding hydrogens is 577 g/mol. The van der Waals surface area contributed by atoms with Crippen LogP contribution in [0.3, 0.4) is 0 Å². The molecule has 0 heterocycles. The smallest absolute Gasteiger partial charge is 0.243 e. The summed E-state index contributed by atoms with van der Waals surface area (Å²) in [5.41, 5.74) is 2.03. The average Bonchev–Trinajstić information content (AvgIpc) is 3.46. The highest BCUT2D eigenvalue weighted by Gasteiger charge is 2.32. The molecule has 0 saturated heterocycles. The van der Waals surface area contributed by atoms with Gasteiger partial charge in [-0.3, -0.25) is 13.9 Å². The van der Waals surface area contributed by atoms with Crippen LogP contribution in [0.4, 0.5) is 10.1 Å². The zero-order valence-corrected chi connectivity index (χ0v) is 25.3. The van der Waals surface area contributed by atoms with E-state index in [4.69, 9.17) is 11.6 Å². The Morgan fingerprint density at radius 1 is 0.976 bits per heavy atom. The molecule has 1 aliphatic rings. The number of carbonyl (C=O) groups excluding carboxylic acids is 2. The Balaban J connectivity index is 1.58. The third-order valence-electron chi connectivity index (χ3n) is 7.48. The molecule has 3 aromatic rings. The topological polar surface area (TPSA) is 86.8 Å². The molecule has 0 radical (unpaired) electrons. The summed E-state index contributed by atoms with van der Waals surface area (Å²) in [4.78, 5) is 29.3. The molecule has 1 fully saturated rings. The van der Waals surface area contributed by atoms with E-state index < -0.39 is 21.9 Å². The summed E-state index contributed by atoms with van der Waals surface area (Å²) in [6, 6.07) is 21.3. The van der Waals surface area contributed by atoms with E-state index in [1.54, 1.807) is 23.1 Å². The van der Waals surface area contributed by atoms with Gasteiger partial charge >= 0.3 is 0 Å². The molecule has 3 aromatic carbocycles. The van der Waals surface area contributed by atoms with E-state index >= 15 is 0 Å². The molecule has 1 N–H and O–H groups in total. The quantitative estimate of drug-likeness (QED) is 0.267. The van der Waals surface area contributed by atoms with Gasteiger partial charge in [0.05, 0.1) is 11.9 Å². The number of halogens is 2. The van der Waals surface area contributed by atoms with Gasteiger partial charge in [0.15, 0.2) is 0 Å². The molecule has 10 heteroatoms. The highest BCUT2D eigenvalue weighted by atomic mass is 35.5. The van der Waals surface area contributed by atoms with E-state index in [9.17, 15) is 22.4 Å². The zero-order valence-electron chi connectivity index (χ0n) is 23.7. The predicted octanol–water partition coefficient (Wildman–Crippen LogP) is 5.72. The van der Waals surface area contributed by atoms with Gasteiger partial charge in [-0.25, -0.2) is 12.8 Å². The van der Waals surface area contributed by atoms with Crippen molar-refractivity contribution >= 4 is 39.1 Å². The van der Waals surface area contributed by atoms with Gasteiger partial charge in [0.25, 0.3) is 0 Å². The van der Waals surface area contributed by atoms with E-state index in [0.717, 1.165) is 47.4 Å². The molecule has 4 rings (SSSR count). The molecule has 0 aromatic heterocycles. The van der Waals surface area contributed by atoms with Gasteiger partial charge < -0.3 is 10.2 Å². The summed E-state index contributed by atoms with van der Waals surface area (Å²) in [6.07, 6.45) is 5.57. The lowest BCUT2D eigenvalue weighted by molar-refractivity contribution is -0.141. The van der Waals surface area contributed by atoms with Crippen LogP contribution in [-0.4, -0.2) is 50.0 Å². The zero-order chi connectivity index (χ0) is 30.1. The van der Waals surface area contributed by atoms with E-state index in [-0.39, 0.29) is 43.8 Å². The fraction of sp³-hybridized carbons (Fsp3) is 0.375. The molecule has 0 aliphatic heterocycles. The van der Waals surface area contributed by atoms with Gasteiger partial charge in [0.2, 0.25) is 21.8 Å². The van der Waals surface area contributed by atoms with Crippen molar-refractivity contribution in [1.82, 2.24) is 10.2 Å². The first-order valence-electron chi connectivity index (χ1n) is 14.2. The molecule has 0 bridgehead atoms. The lowest BCUT2D eigenvalue weighted by Gasteiger charge is -2.33. The summed E-state index contributed by atoms with van der Waals surface area (Å²) >= 11 is 6.25. The van der Waals surface area contributed by atoms with Crippen LogP contribution in [0.25, 0.3) is 0 Å². The van der Waals surface area contributed by atoms with Crippen LogP contribution in [0.15, 0.2) is 78.9 Å². The number of hydrogen-bond acceptors (Lipinski definition) is 4. The second kappa shape index (κ2) is 14.6. The molecule has 1 atom stereocenters. The first-order chi connectivity index (χ1) is 20.1. The molecule has 224 valence electrons. The first kappa shape index (κ1) is 31.5. The summed E-state index contributed by atoms with van der Waals surface area (Å²) < 4.78 is 39.7. The van der Waals surface area contributed by atoms with Crippen LogP contribution >= 0.6 is 11.6 Å². The van der Waals surface area contributed by atoms with Crippen molar-refractivity contribution in [3.05, 3.63) is 101 Å². The minimum Gasteiger partial charge on any atom is -0.352 e. The number of amides is 2. The van der Waals surface area contributed by atoms with Crippen molar-refractivity contribution in [2.45, 2.75) is 63.6 Å². The Labute approximate surface area is 252 Å². The van der Waals surface area contributed by atoms with E-state index in [1.807, 2.05) is 36.4 Å². The van der Waals surface area contributed by atoms with Crippen LogP contribution < -0.4 is 9.62 Å². The number of anilines is 1. The van der Waals surface area contributed by atoms with Gasteiger partial charge in [-0.15, -0.1) is 0 Å². The van der Waals surface area contributed by atoms with Gasteiger partial charge in [-0.05, 0) is 66.8 Å². The SMILES string of the molecule is CS(=O)(=O)N(CCCC(=O)N(Cc1cccc(Cl)c1)C(Cc1ccccc1)C(=O)NC1CCCC1)c1ccc(F)cc1. The maximum Gasteiger partial charge on any atom is 0.243 e. The number of nitrogens with zero attached hydrogens (tertiary/aromatic N) is 2. The maximum absolute atomic E-state index is 13.9. The first-order valence-corrected chi connectivity index (χ1v) is 16.4. The highest BCUT2D eigenvalue weighted by molar-refractivity contribution is 7.92. The van der Waals surface area contributed by atoms with Crippen molar-refractivity contribution in [3.8, 4) is 0 Å². The monoisotopic (exact) mass is 613 g/mol. The Kier molecular flexibility index (Phi) is 11.0. The molecular formula is C32H37ClFN3O4S. The molecule has 1 unspecified atom stereocenters. The summed E-state index contributed by atoms with van der Waals surface area (Å²) in [5, 5.41) is 3.70. The van der Waals surface area contributed by atoms with Gasteiger partial charge in [0, 0.05) is 37.0 Å². The van der Waals surface area contributed by atoms with Crippen molar-refractivity contribution in [2.24, 2.45) is 0 Å². The second-order valence-corrected chi connectivity index (χ2v) is 13.1. The lowest BCUT2D eigenvalue weighted by Crippen LogP contribution is -2.52. The van der Waals surface area contributed by atoms with E-state index in [1.165, 1.54) is 24.3 Å². The van der Waals surface area contributed by atoms with Crippen molar-refractivity contribution in [3.63, 3.8) is 0 Å². The fourth-order valence-corrected chi connectivity index (χ4v) is 6.54. The van der Waals surface area contributed by atoms with Crippen LogP contribution in [0.5, 0.6) is 0 Å². The minimum absolute atomic E-state index is 0.00970. The number of rotatable bonds is 13. The molecule has 7 nitrogen and oxygen atoms in total. The van der Waals surface area contributed by atoms with Gasteiger partial charge in [-0.2, -0.15) is 0 Å². The van der Waals surface area contributed by atoms with E-state index in [0.29, 0.717) is 17.1 Å². The van der Waals surface area contributed by atoms with Crippen molar-refractivity contribution in [2.75, 3.05) is 17.1 Å². The Morgan fingerprint density at radius 2 is 1.64 bits per heavy atom. The largest absolute Gasteiger partial charge is 0.352 e. The van der Waals surface area contributed by atoms with Crippen LogP contribution in [0.2, 0.25) is 5.02 Å². The summed E-state index contributed by atoms with van der Waals surface area (Å²) in [5.74, 6) is -0.949. The van der Waals surface area contributed by atoms with Crippen molar-refractivity contribution < 1.29 is 22.4 Å². The standard InChI is InChI=1S/C32H37ClFN3O4S/c1-42(40,41)37(29-18-16-27(34)17-19-29)20-8-15-31(38)36(23-25-11-7-12-26(33)21-25)30(22-24-9-3-2-4-10-24)32(39)35-28-13-5-6-14-28/h2-4,7,9-12,16-19,21,28,30H,5-6,8,13-15,20,22-23H2,1H3,(H,35,39). The Bertz CT molecular complexity index is 1450. The van der Waals surface area contributed by atoms with Crippen molar-refractivity contribution in [1.29, 1.82) is 0 Å². The van der Waals surface area contributed by atoms with Crippen LogP contribution in [-0.2, 0) is 32.6 Å². The number of sulfonamides is 1. The Hall–Kier alpha value is -3.43. The molecule has 42 heavy (non-hydrogen) atoms. The molecule has 1 saturated carbocycles. The number of benzene rings is 3. The lowest BCUT2D eigenvalue weighted by atomic mass is 10.0. The molecule has 0 spiro atoms. The predicted molar refractivity (Wildman–Crippen MR) is 164 cm³/mol. The second-order valence-electron chi connectivity index (χ2n) is 10.8. The normalized spacial score (nSPS) is 14.4. The molecule has 2 amide bonds. The number of hydrogen-bond donors (Lipinski definition) is 1. The van der Waals surface area contributed by atoms with E-state index in [2.05, 4.69) is 5.32 Å². The number of nitrogens with one attached hydrogen (secondary N) is 1. The molecule has 1 aliphatic carbocycles. The fourth-order valence-electron chi connectivity index (χ4n) is 5.36. The highest BCUT2D eigenvalue weighted by Crippen LogP contribution is 2.23. The summed E-state index contributed by atoms with van der Waals surface area (Å²) in [6.45, 7) is 0.196. The third kappa shape index (κ3) is 9.03. The average molecular weight is 614 g/mol. The van der Waals surface area contributed by atoms with Gasteiger partial charge in [0.1, 0.15) is 11.9 Å².